The molecule has 1 aliphatic heterocycles. The van der Waals surface area contributed by atoms with E-state index in [1.165, 1.54) is 13.2 Å². The first-order chi connectivity index (χ1) is 14.2. The zero-order valence-corrected chi connectivity index (χ0v) is 17.1. The second-order valence-electron chi connectivity index (χ2n) is 8.11. The number of anilines is 1. The number of H-pyrrole nitrogens is 1. The van der Waals surface area contributed by atoms with E-state index in [4.69, 9.17) is 0 Å². The molecule has 0 saturated carbocycles. The maximum absolute atomic E-state index is 15.9. The zero-order valence-electron chi connectivity index (χ0n) is 17.1. The van der Waals surface area contributed by atoms with E-state index in [0.29, 0.717) is 11.1 Å². The molecule has 1 aromatic heterocycles. The van der Waals surface area contributed by atoms with Crippen LogP contribution in [0.4, 0.5) is 19.3 Å². The number of halogens is 2. The molecule has 0 unspecified atom stereocenters. The van der Waals surface area contributed by atoms with Crippen molar-refractivity contribution < 1.29 is 23.4 Å². The molecule has 30 heavy (non-hydrogen) atoms. The molecule has 0 saturated heterocycles. The third-order valence-corrected chi connectivity index (χ3v) is 5.73. The Kier molecular flexibility index (Phi) is 4.69. The maximum Gasteiger partial charge on any atom is 0.407 e. The first-order valence-corrected chi connectivity index (χ1v) is 9.55. The van der Waals surface area contributed by atoms with Gasteiger partial charge in [-0.25, -0.2) is 13.6 Å². The average molecular weight is 415 g/mol. The largest absolute Gasteiger partial charge is 0.453 e. The molecule has 1 aliphatic rings. The Bertz CT molecular complexity index is 1160. The molecule has 4 rings (SSSR count). The van der Waals surface area contributed by atoms with Gasteiger partial charge in [-0.1, -0.05) is 18.2 Å². The Morgan fingerprint density at radius 3 is 2.73 bits per heavy atom. The molecule has 8 heteroatoms. The van der Waals surface area contributed by atoms with E-state index in [1.807, 2.05) is 13.0 Å². The summed E-state index contributed by atoms with van der Waals surface area (Å²) in [5, 5.41) is 17.1. The van der Waals surface area contributed by atoms with Crippen molar-refractivity contribution in [2.24, 2.45) is 0 Å². The maximum atomic E-state index is 15.9. The molecule has 2 aromatic carbocycles. The number of hydrogen-bond donors (Lipinski definition) is 4. The number of aromatic nitrogens is 1. The molecule has 0 radical (unpaired) electrons. The van der Waals surface area contributed by atoms with Crippen LogP contribution in [0.25, 0.3) is 22.0 Å². The van der Waals surface area contributed by atoms with Crippen molar-refractivity contribution in [2.75, 3.05) is 12.4 Å². The van der Waals surface area contributed by atoms with Crippen LogP contribution in [-0.4, -0.2) is 34.9 Å². The van der Waals surface area contributed by atoms with E-state index in [9.17, 15) is 9.90 Å². The number of fused-ring (bicyclic) bond motifs is 2. The number of carbonyl (C=O) groups excluding carboxylic acids is 1. The summed E-state index contributed by atoms with van der Waals surface area (Å²) in [5.74, 6) is -1.60. The van der Waals surface area contributed by atoms with Gasteiger partial charge in [0.05, 0.1) is 29.8 Å². The van der Waals surface area contributed by atoms with Gasteiger partial charge in [0.1, 0.15) is 17.7 Å². The minimum atomic E-state index is -1.19. The van der Waals surface area contributed by atoms with Crippen molar-refractivity contribution in [2.45, 2.75) is 38.5 Å². The molecular formula is C22H23F2N3O3. The summed E-state index contributed by atoms with van der Waals surface area (Å²) in [6.45, 7) is 5.26. The number of methoxy groups -OCH3 is 1. The summed E-state index contributed by atoms with van der Waals surface area (Å²) in [6, 6.07) is 5.30. The highest BCUT2D eigenvalue weighted by Gasteiger charge is 2.44. The highest BCUT2D eigenvalue weighted by molar-refractivity contribution is 5.96. The minimum absolute atomic E-state index is 0.0242. The van der Waals surface area contributed by atoms with Crippen molar-refractivity contribution in [1.29, 1.82) is 0 Å². The SMILES string of the molecule is COC(=O)N[C@@H]1c2c(cc(F)c(-c3cccc4c(C)c[nH]c34)c2F)NC(C)(C)[C@H]1O. The molecule has 0 bridgehead atoms. The quantitative estimate of drug-likeness (QED) is 0.500. The number of amides is 1. The van der Waals surface area contributed by atoms with Gasteiger partial charge in [0.25, 0.3) is 0 Å². The smallest absolute Gasteiger partial charge is 0.407 e. The molecule has 2 atom stereocenters. The fraction of sp³-hybridized carbons (Fsp3) is 0.318. The summed E-state index contributed by atoms with van der Waals surface area (Å²) in [4.78, 5) is 15.0. The van der Waals surface area contributed by atoms with E-state index in [0.717, 1.165) is 10.9 Å². The zero-order chi connectivity index (χ0) is 21.8. The van der Waals surface area contributed by atoms with Crippen molar-refractivity contribution in [3.8, 4) is 11.1 Å². The molecule has 0 fully saturated rings. The number of nitrogens with one attached hydrogen (secondary N) is 3. The Morgan fingerprint density at radius 2 is 2.03 bits per heavy atom. The number of alkyl carbamates (subject to hydrolysis) is 1. The number of ether oxygens (including phenoxy) is 1. The molecule has 4 N–H and O–H groups in total. The Labute approximate surface area is 172 Å². The summed E-state index contributed by atoms with van der Waals surface area (Å²) in [7, 11) is 1.18. The van der Waals surface area contributed by atoms with Crippen LogP contribution in [0.3, 0.4) is 0 Å². The first-order valence-electron chi connectivity index (χ1n) is 9.55. The monoisotopic (exact) mass is 415 g/mol. The van der Waals surface area contributed by atoms with Gasteiger partial charge in [0.2, 0.25) is 0 Å². The predicted octanol–water partition coefficient (Wildman–Crippen LogP) is 4.38. The number of aryl methyl sites for hydroxylation is 1. The van der Waals surface area contributed by atoms with E-state index < -0.39 is 35.4 Å². The van der Waals surface area contributed by atoms with Gasteiger partial charge >= 0.3 is 6.09 Å². The third kappa shape index (κ3) is 2.99. The van der Waals surface area contributed by atoms with Crippen molar-refractivity contribution in [3.63, 3.8) is 0 Å². The molecule has 158 valence electrons. The van der Waals surface area contributed by atoms with Crippen molar-refractivity contribution >= 4 is 22.7 Å². The van der Waals surface area contributed by atoms with Gasteiger partial charge in [-0.05, 0) is 32.4 Å². The Morgan fingerprint density at radius 1 is 1.30 bits per heavy atom. The fourth-order valence-electron chi connectivity index (χ4n) is 4.12. The highest BCUT2D eigenvalue weighted by atomic mass is 19.1. The average Bonchev–Trinajstić information content (AvgIpc) is 3.06. The van der Waals surface area contributed by atoms with Crippen LogP contribution >= 0.6 is 0 Å². The number of aliphatic hydroxyl groups is 1. The molecule has 0 aliphatic carbocycles. The number of rotatable bonds is 2. The van der Waals surface area contributed by atoms with Crippen LogP contribution in [0, 0.1) is 18.6 Å². The molecule has 0 spiro atoms. The number of aliphatic hydroxyl groups excluding tert-OH is 1. The van der Waals surface area contributed by atoms with Crippen LogP contribution in [0.1, 0.15) is 31.0 Å². The number of carbonyl (C=O) groups is 1. The van der Waals surface area contributed by atoms with Crippen LogP contribution in [0.15, 0.2) is 30.5 Å². The lowest BCUT2D eigenvalue weighted by molar-refractivity contribution is 0.0639. The van der Waals surface area contributed by atoms with Gasteiger partial charge in [-0.15, -0.1) is 0 Å². The lowest BCUT2D eigenvalue weighted by Gasteiger charge is -2.43. The third-order valence-electron chi connectivity index (χ3n) is 5.73. The minimum Gasteiger partial charge on any atom is -0.453 e. The first kappa shape index (κ1) is 20.2. The molecule has 3 aromatic rings. The summed E-state index contributed by atoms with van der Waals surface area (Å²) >= 11 is 0. The molecular weight excluding hydrogens is 392 g/mol. The number of hydrogen-bond acceptors (Lipinski definition) is 4. The lowest BCUT2D eigenvalue weighted by atomic mass is 9.81. The lowest BCUT2D eigenvalue weighted by Crippen LogP contribution is -2.55. The molecule has 2 heterocycles. The van der Waals surface area contributed by atoms with Crippen LogP contribution in [0.2, 0.25) is 0 Å². The van der Waals surface area contributed by atoms with Gasteiger partial charge in [-0.2, -0.15) is 0 Å². The van der Waals surface area contributed by atoms with Gasteiger partial charge in [-0.3, -0.25) is 0 Å². The van der Waals surface area contributed by atoms with E-state index in [2.05, 4.69) is 20.4 Å². The van der Waals surface area contributed by atoms with E-state index in [1.54, 1.807) is 32.2 Å². The number of aromatic amines is 1. The number of para-hydroxylation sites is 1. The standard InChI is InChI=1S/C22H23F2N3O3/c1-10-9-25-18-11(10)6-5-7-12(18)15-13(23)8-14-16(17(15)24)19(26-21(29)30-4)20(28)22(2,3)27-14/h5-9,19-20,25,27-28H,1-4H3,(H,26,29)/t19-,20+/m1/s1. The molecule has 1 amide bonds. The fourth-order valence-corrected chi connectivity index (χ4v) is 4.12. The summed E-state index contributed by atoms with van der Waals surface area (Å²) < 4.78 is 35.7. The van der Waals surface area contributed by atoms with Gasteiger partial charge in [0.15, 0.2) is 0 Å². The van der Waals surface area contributed by atoms with Crippen molar-refractivity contribution in [3.05, 3.63) is 53.2 Å². The topological polar surface area (TPSA) is 86.4 Å². The Balaban J connectivity index is 1.97. The van der Waals surface area contributed by atoms with Crippen LogP contribution in [0.5, 0.6) is 0 Å². The summed E-state index contributed by atoms with van der Waals surface area (Å²) in [5.41, 5.74) is 0.880. The van der Waals surface area contributed by atoms with Gasteiger partial charge < -0.3 is 25.5 Å². The van der Waals surface area contributed by atoms with Crippen LogP contribution in [-0.2, 0) is 4.74 Å². The van der Waals surface area contributed by atoms with Crippen LogP contribution < -0.4 is 10.6 Å². The predicted molar refractivity (Wildman–Crippen MR) is 110 cm³/mol. The van der Waals surface area contributed by atoms with E-state index >= 15 is 8.78 Å². The highest BCUT2D eigenvalue weighted by Crippen LogP contribution is 2.44. The second-order valence-corrected chi connectivity index (χ2v) is 8.11. The van der Waals surface area contributed by atoms with Gasteiger partial charge in [0, 0.05) is 28.4 Å². The van der Waals surface area contributed by atoms with E-state index in [-0.39, 0.29) is 16.8 Å². The number of benzene rings is 2. The summed E-state index contributed by atoms with van der Waals surface area (Å²) in [6.07, 6.45) is -0.242. The normalized spacial score (nSPS) is 19.8. The molecule has 6 nitrogen and oxygen atoms in total. The Hall–Kier alpha value is -3.13. The second kappa shape index (κ2) is 6.98. The van der Waals surface area contributed by atoms with Crippen molar-refractivity contribution in [1.82, 2.24) is 10.3 Å².